The fraction of sp³-hybridized carbons (Fsp3) is 0.857. The Balaban J connectivity index is -0.000000178. The van der Waals surface area contributed by atoms with Gasteiger partial charge in [0, 0.05) is 11.9 Å². The molecule has 0 amide bonds. The summed E-state index contributed by atoms with van der Waals surface area (Å²) in [6.07, 6.45) is 17.0. The Morgan fingerprint density at radius 1 is 0.706 bits per heavy atom. The van der Waals surface area contributed by atoms with Gasteiger partial charge in [0.2, 0.25) is 0 Å². The van der Waals surface area contributed by atoms with Crippen molar-refractivity contribution in [2.24, 2.45) is 11.8 Å². The molecule has 0 aliphatic heterocycles. The van der Waals surface area contributed by atoms with Crippen LogP contribution in [0.1, 0.15) is 126 Å². The van der Waals surface area contributed by atoms with E-state index in [4.69, 9.17) is 0 Å². The number of hydrogen-bond donors (Lipinski definition) is 0. The summed E-state index contributed by atoms with van der Waals surface area (Å²) in [4.78, 5) is 20.7. The smallest absolute Gasteiger partial charge is 0.550 e. The van der Waals surface area contributed by atoms with Crippen LogP contribution in [0.3, 0.4) is 0 Å². The molecular weight excluding hydrogens is 486 g/mol. The van der Waals surface area contributed by atoms with Gasteiger partial charge >= 0.3 is 16.5 Å². The maximum absolute atomic E-state index is 10.3. The van der Waals surface area contributed by atoms with Gasteiger partial charge in [0.15, 0.2) is 0 Å². The van der Waals surface area contributed by atoms with Crippen LogP contribution in [0.2, 0.25) is 15.8 Å². The molecule has 0 aromatic rings. The van der Waals surface area contributed by atoms with Gasteiger partial charge in [0.1, 0.15) is 0 Å². The first-order chi connectivity index (χ1) is 15.8. The summed E-state index contributed by atoms with van der Waals surface area (Å²) in [5.41, 5.74) is 0. The largest absolute Gasteiger partial charge is 2.00 e. The van der Waals surface area contributed by atoms with Crippen LogP contribution in [0.15, 0.2) is 12.2 Å². The van der Waals surface area contributed by atoms with E-state index < -0.39 is 11.9 Å². The first-order valence-corrected chi connectivity index (χ1v) is 16.3. The zero-order valence-corrected chi connectivity index (χ0v) is 25.6. The van der Waals surface area contributed by atoms with Gasteiger partial charge in [-0.2, -0.15) is 0 Å². The fourth-order valence-electron chi connectivity index (χ4n) is 3.50. The van der Waals surface area contributed by atoms with Crippen LogP contribution in [-0.4, -0.2) is 26.1 Å². The number of unbranched alkanes of at least 4 members (excludes halogenated alkanes) is 2. The number of allylic oxidation sites excluding steroid dienone is 2. The Bertz CT molecular complexity index is 414. The first kappa shape index (κ1) is 40.9. The van der Waals surface area contributed by atoms with Crippen LogP contribution in [-0.2, 0) is 26.1 Å². The van der Waals surface area contributed by atoms with Crippen LogP contribution in [0.5, 0.6) is 0 Å². The van der Waals surface area contributed by atoms with Crippen LogP contribution < -0.4 is 10.2 Å². The summed E-state index contributed by atoms with van der Waals surface area (Å²) < 4.78 is 0. The predicted octanol–water partition coefficient (Wildman–Crippen LogP) is 6.56. The number of carboxylic acids is 2. The van der Waals surface area contributed by atoms with Gasteiger partial charge in [0.25, 0.3) is 14.1 Å². The van der Waals surface area contributed by atoms with Crippen LogP contribution in [0.25, 0.3) is 0 Å². The van der Waals surface area contributed by atoms with E-state index in [0.717, 1.165) is 38.5 Å². The summed E-state index contributed by atoms with van der Waals surface area (Å²) in [6, 6.07) is 0. The van der Waals surface area contributed by atoms with Gasteiger partial charge in [0.05, 0.1) is 0 Å². The number of rotatable bonds is 13. The molecule has 0 N–H and O–H groups in total. The van der Waals surface area contributed by atoms with E-state index in [9.17, 15) is 19.8 Å². The number of hydrogen-bond acceptors (Lipinski definition) is 4. The molecule has 0 saturated carbocycles. The van der Waals surface area contributed by atoms with Crippen molar-refractivity contribution in [1.29, 1.82) is 0 Å². The van der Waals surface area contributed by atoms with Crippen molar-refractivity contribution in [3.8, 4) is 0 Å². The summed E-state index contributed by atoms with van der Waals surface area (Å²) in [7, 11) is 0. The molecule has 0 radical (unpaired) electrons. The maximum atomic E-state index is 10.3. The number of carboxylic acid groups (broad SMARTS) is 2. The van der Waals surface area contributed by atoms with Gasteiger partial charge in [-0.1, -0.05) is 102 Å². The average Bonchev–Trinajstić information content (AvgIpc) is 2.83. The SMILES string of the molecule is C1=CCCCC1.CCCCC(CC)C(=O)[O-].CCCCC(CC)C(=O)[O-].C[CH2][Al]([CH2]C)[CH2]C.[Ni+2]. The topological polar surface area (TPSA) is 80.3 Å². The van der Waals surface area contributed by atoms with E-state index in [0.29, 0.717) is 12.8 Å². The number of carbonyl (C=O) groups is 2. The van der Waals surface area contributed by atoms with Gasteiger partial charge in [-0.3, -0.25) is 0 Å². The molecule has 0 heterocycles. The molecule has 0 spiro atoms. The van der Waals surface area contributed by atoms with E-state index in [1.165, 1.54) is 41.5 Å². The molecule has 0 fully saturated rings. The molecule has 4 nitrogen and oxygen atoms in total. The van der Waals surface area contributed by atoms with Crippen molar-refractivity contribution >= 4 is 26.1 Å². The Morgan fingerprint density at radius 2 is 1.03 bits per heavy atom. The monoisotopic (exact) mass is 540 g/mol. The zero-order valence-electron chi connectivity index (χ0n) is 23.4. The van der Waals surface area contributed by atoms with E-state index in [-0.39, 0.29) is 42.5 Å². The molecule has 0 aromatic heterocycles. The van der Waals surface area contributed by atoms with Crippen LogP contribution in [0.4, 0.5) is 0 Å². The third-order valence-corrected chi connectivity index (χ3v) is 9.82. The van der Waals surface area contributed by atoms with Gasteiger partial charge < -0.3 is 19.8 Å². The van der Waals surface area contributed by atoms with E-state index >= 15 is 0 Å². The third kappa shape index (κ3) is 29.7. The molecule has 2 unspecified atom stereocenters. The summed E-state index contributed by atoms with van der Waals surface area (Å²) in [5, 5.41) is 25.1. The van der Waals surface area contributed by atoms with Gasteiger partial charge in [-0.15, -0.1) is 0 Å². The maximum Gasteiger partial charge on any atom is 2.00 e. The molecule has 2 atom stereocenters. The van der Waals surface area contributed by atoms with E-state index in [1.807, 2.05) is 13.8 Å². The number of carbonyl (C=O) groups excluding carboxylic acids is 2. The second kappa shape index (κ2) is 32.7. The van der Waals surface area contributed by atoms with Gasteiger partial charge in [-0.25, -0.2) is 0 Å². The van der Waals surface area contributed by atoms with Gasteiger partial charge in [-0.05, 0) is 63.2 Å². The number of aliphatic carboxylic acids is 2. The fourth-order valence-corrected chi connectivity index (χ4v) is 5.24. The summed E-state index contributed by atoms with van der Waals surface area (Å²) in [5.74, 6) is -2.23. The Labute approximate surface area is 227 Å². The minimum atomic E-state index is -0.893. The molecule has 1 aliphatic rings. The minimum absolute atomic E-state index is 0. The average molecular weight is 541 g/mol. The Morgan fingerprint density at radius 3 is 1.15 bits per heavy atom. The van der Waals surface area contributed by atoms with Crippen LogP contribution >= 0.6 is 0 Å². The molecular formula is C28H55AlNiO4. The van der Waals surface area contributed by atoms with Crippen molar-refractivity contribution < 1.29 is 36.3 Å². The zero-order chi connectivity index (χ0) is 25.9. The molecule has 1 aliphatic carbocycles. The van der Waals surface area contributed by atoms with E-state index in [2.05, 4.69) is 46.8 Å². The molecule has 0 aromatic carbocycles. The molecule has 34 heavy (non-hydrogen) atoms. The standard InChI is InChI=1S/2C8H16O2.C6H10.3C2H5.Al.Ni/c2*1-3-5-6-7(4-2)8(9)10;1-2-4-6-5-3-1;3*1-2;;/h2*7H,3-6H2,1-2H3,(H,9,10);1-2H,3-6H2;3*1H2,2H3;;/q;;;;;;;+2/p-2. The second-order valence-electron chi connectivity index (χ2n) is 8.98. The quantitative estimate of drug-likeness (QED) is 0.195. The first-order valence-electron chi connectivity index (χ1n) is 13.9. The molecule has 0 saturated heterocycles. The Kier molecular flexibility index (Phi) is 39.3. The van der Waals surface area contributed by atoms with Crippen molar-refractivity contribution in [3.63, 3.8) is 0 Å². The molecule has 204 valence electrons. The molecule has 0 bridgehead atoms. The third-order valence-electron chi connectivity index (χ3n) is 6.35. The normalized spacial score (nSPS) is 13.3. The van der Waals surface area contributed by atoms with Crippen molar-refractivity contribution in [2.75, 3.05) is 0 Å². The van der Waals surface area contributed by atoms with Crippen molar-refractivity contribution in [2.45, 2.75) is 141 Å². The Hall–Kier alpha value is -0.294. The van der Waals surface area contributed by atoms with Crippen molar-refractivity contribution in [1.82, 2.24) is 0 Å². The van der Waals surface area contributed by atoms with Crippen LogP contribution in [0, 0.1) is 11.8 Å². The predicted molar refractivity (Wildman–Crippen MR) is 141 cm³/mol. The molecule has 1 rings (SSSR count). The summed E-state index contributed by atoms with van der Waals surface area (Å²) >= 11 is -0.171. The van der Waals surface area contributed by atoms with Crippen molar-refractivity contribution in [3.05, 3.63) is 12.2 Å². The summed E-state index contributed by atoms with van der Waals surface area (Å²) in [6.45, 7) is 14.9. The molecule has 6 heteroatoms. The minimum Gasteiger partial charge on any atom is -0.550 e. The van der Waals surface area contributed by atoms with E-state index in [1.54, 1.807) is 0 Å². The second-order valence-corrected chi connectivity index (χ2v) is 13.2.